The van der Waals surface area contributed by atoms with Crippen molar-refractivity contribution in [3.05, 3.63) is 191 Å². The van der Waals surface area contributed by atoms with E-state index in [1.165, 1.54) is 71.7 Å². The summed E-state index contributed by atoms with van der Waals surface area (Å²) in [4.78, 5) is 5.11. The van der Waals surface area contributed by atoms with Crippen LogP contribution in [-0.4, -0.2) is 11.4 Å². The molecule has 3 aliphatic rings. The van der Waals surface area contributed by atoms with Crippen molar-refractivity contribution >= 4 is 112 Å². The number of fused-ring (bicyclic) bond motifs is 17. The molecule has 15 rings (SSSR count). The minimum Gasteiger partial charge on any atom is -0.456 e. The lowest BCUT2D eigenvalue weighted by molar-refractivity contribution is 0.332. The standard InChI is InChI=1S/C78H78BN3O2/c1-73(2,3)45-21-28-49(29-22-45)80(50-30-23-46(24-31-50)74(4,5)6)52-34-35-53-62(40-52)81-61-36-27-48(76(10,11)12)39-60(61)79-70-69(72-68(67(53)71(70)81)54-19-17-18-20-64(54)84-72)57-41-55-56-42-58-59(78(15,16)38-37-77(58,13)14)43-65(56)83-66(55)44-63(57)82(79)51-32-25-47(26-33-51)75(7,8)9/h17-36,39-44H,37-38H2,1-16H3. The second-order valence-electron chi connectivity index (χ2n) is 30.5. The molecule has 420 valence electrons. The van der Waals surface area contributed by atoms with Gasteiger partial charge in [0.05, 0.1) is 11.0 Å². The van der Waals surface area contributed by atoms with Crippen molar-refractivity contribution in [2.45, 2.75) is 156 Å². The fraction of sp³-hybridized carbons (Fsp3) is 0.308. The summed E-state index contributed by atoms with van der Waals surface area (Å²) >= 11 is 0. The van der Waals surface area contributed by atoms with Gasteiger partial charge in [0, 0.05) is 83.6 Å². The van der Waals surface area contributed by atoms with E-state index < -0.39 is 0 Å². The first kappa shape index (κ1) is 52.8. The van der Waals surface area contributed by atoms with Crippen molar-refractivity contribution in [1.29, 1.82) is 0 Å². The predicted molar refractivity (Wildman–Crippen MR) is 359 cm³/mol. The number of hydrogen-bond donors (Lipinski definition) is 0. The molecule has 0 spiro atoms. The number of aromatic nitrogens is 1. The summed E-state index contributed by atoms with van der Waals surface area (Å²) in [6.07, 6.45) is 2.28. The van der Waals surface area contributed by atoms with E-state index in [1.807, 2.05) is 0 Å². The summed E-state index contributed by atoms with van der Waals surface area (Å²) in [6, 6.07) is 60.9. The van der Waals surface area contributed by atoms with E-state index in [2.05, 4.69) is 283 Å². The maximum Gasteiger partial charge on any atom is 0.333 e. The maximum atomic E-state index is 7.50. The van der Waals surface area contributed by atoms with Gasteiger partial charge in [-0.1, -0.05) is 184 Å². The summed E-state index contributed by atoms with van der Waals surface area (Å²) in [7, 11) is 0. The van der Waals surface area contributed by atoms with Gasteiger partial charge in [-0.25, -0.2) is 0 Å². The molecule has 0 radical (unpaired) electrons. The molecule has 0 N–H and O–H groups in total. The van der Waals surface area contributed by atoms with Gasteiger partial charge in [-0.2, -0.15) is 0 Å². The van der Waals surface area contributed by atoms with E-state index in [0.29, 0.717) is 0 Å². The second-order valence-corrected chi connectivity index (χ2v) is 30.5. The minimum atomic E-state index is -0.239. The molecule has 12 aromatic rings. The lowest BCUT2D eigenvalue weighted by atomic mass is 9.43. The number of rotatable bonds is 4. The third-order valence-corrected chi connectivity index (χ3v) is 19.9. The molecule has 0 fully saturated rings. The number of hydrogen-bond acceptors (Lipinski definition) is 4. The Morgan fingerprint density at radius 1 is 0.452 bits per heavy atom. The molecule has 9 aromatic carbocycles. The lowest BCUT2D eigenvalue weighted by Crippen LogP contribution is -2.60. The van der Waals surface area contributed by atoms with Crippen molar-refractivity contribution in [2.75, 3.05) is 9.71 Å². The van der Waals surface area contributed by atoms with E-state index in [1.54, 1.807) is 0 Å². The molecular formula is C78H78BN3O2. The third-order valence-electron chi connectivity index (χ3n) is 19.9. The first-order valence-corrected chi connectivity index (χ1v) is 30.7. The lowest BCUT2D eigenvalue weighted by Gasteiger charge is -2.42. The van der Waals surface area contributed by atoms with Gasteiger partial charge in [0.1, 0.15) is 22.3 Å². The highest BCUT2D eigenvalue weighted by molar-refractivity contribution is 6.94. The maximum absolute atomic E-state index is 7.50. The first-order valence-electron chi connectivity index (χ1n) is 30.7. The number of nitrogens with zero attached hydrogens (tertiary/aromatic N) is 3. The Morgan fingerprint density at radius 2 is 0.988 bits per heavy atom. The summed E-state index contributed by atoms with van der Waals surface area (Å²) in [5, 5.41) is 7.00. The van der Waals surface area contributed by atoms with Crippen LogP contribution in [0, 0.1) is 0 Å². The van der Waals surface area contributed by atoms with Crippen LogP contribution in [-0.2, 0) is 32.5 Å². The quantitative estimate of drug-likeness (QED) is 0.165. The highest BCUT2D eigenvalue weighted by Crippen LogP contribution is 2.55. The van der Waals surface area contributed by atoms with E-state index in [4.69, 9.17) is 8.83 Å². The van der Waals surface area contributed by atoms with Crippen LogP contribution in [0.4, 0.5) is 28.4 Å². The van der Waals surface area contributed by atoms with Crippen LogP contribution in [0.2, 0.25) is 0 Å². The van der Waals surface area contributed by atoms with Gasteiger partial charge in [0.2, 0.25) is 0 Å². The van der Waals surface area contributed by atoms with Gasteiger partial charge in [-0.05, 0) is 169 Å². The van der Waals surface area contributed by atoms with Gasteiger partial charge in [0.15, 0.2) is 0 Å². The zero-order valence-corrected chi connectivity index (χ0v) is 52.2. The van der Waals surface area contributed by atoms with Crippen molar-refractivity contribution in [2.24, 2.45) is 0 Å². The van der Waals surface area contributed by atoms with Crippen LogP contribution in [0.5, 0.6) is 0 Å². The molecule has 0 amide bonds. The van der Waals surface area contributed by atoms with E-state index >= 15 is 0 Å². The van der Waals surface area contributed by atoms with E-state index in [0.717, 1.165) is 96.4 Å². The second kappa shape index (κ2) is 17.3. The van der Waals surface area contributed by atoms with Gasteiger partial charge in [-0.15, -0.1) is 0 Å². The topological polar surface area (TPSA) is 37.7 Å². The largest absolute Gasteiger partial charge is 0.456 e. The van der Waals surface area contributed by atoms with Gasteiger partial charge >= 0.3 is 6.85 Å². The molecular weight excluding hydrogens is 1020 g/mol. The molecule has 3 aromatic heterocycles. The van der Waals surface area contributed by atoms with Crippen molar-refractivity contribution in [3.8, 4) is 16.8 Å². The fourth-order valence-corrected chi connectivity index (χ4v) is 14.8. The smallest absolute Gasteiger partial charge is 0.333 e. The monoisotopic (exact) mass is 1100 g/mol. The van der Waals surface area contributed by atoms with Crippen molar-refractivity contribution in [3.63, 3.8) is 0 Å². The van der Waals surface area contributed by atoms with Crippen LogP contribution < -0.4 is 20.6 Å². The highest BCUT2D eigenvalue weighted by Gasteiger charge is 2.47. The van der Waals surface area contributed by atoms with Crippen LogP contribution >= 0.6 is 0 Å². The third kappa shape index (κ3) is 7.73. The average molecular weight is 1100 g/mol. The fourth-order valence-electron chi connectivity index (χ4n) is 14.8. The molecule has 0 unspecified atom stereocenters. The van der Waals surface area contributed by atoms with Crippen molar-refractivity contribution < 1.29 is 8.83 Å². The summed E-state index contributed by atoms with van der Waals surface area (Å²) in [6.45, 7) is 37.1. The molecule has 5 heterocycles. The molecule has 84 heavy (non-hydrogen) atoms. The molecule has 6 heteroatoms. The molecule has 0 saturated carbocycles. The Hall–Kier alpha value is -7.96. The van der Waals surface area contributed by atoms with Crippen molar-refractivity contribution in [1.82, 2.24) is 4.57 Å². The van der Waals surface area contributed by atoms with Crippen LogP contribution in [0.3, 0.4) is 0 Å². The Bertz CT molecular complexity index is 4690. The zero-order chi connectivity index (χ0) is 58.7. The van der Waals surface area contributed by atoms with Crippen LogP contribution in [0.1, 0.15) is 157 Å². The Labute approximate surface area is 496 Å². The number of anilines is 5. The highest BCUT2D eigenvalue weighted by atomic mass is 16.3. The molecule has 2 aliphatic heterocycles. The average Bonchev–Trinajstić information content (AvgIpc) is 1.43. The summed E-state index contributed by atoms with van der Waals surface area (Å²) < 4.78 is 17.4. The number of para-hydroxylation sites is 1. The normalized spacial score (nSPS) is 15.7. The molecule has 0 atom stereocenters. The number of benzene rings is 9. The molecule has 0 saturated heterocycles. The van der Waals surface area contributed by atoms with E-state index in [9.17, 15) is 0 Å². The number of furan rings is 2. The Balaban J connectivity index is 1.10. The Kier molecular flexibility index (Phi) is 10.9. The van der Waals surface area contributed by atoms with Gasteiger partial charge in [-0.3, -0.25) is 0 Å². The predicted octanol–water partition coefficient (Wildman–Crippen LogP) is 20.8. The molecule has 0 bridgehead atoms. The Morgan fingerprint density at radius 3 is 1.60 bits per heavy atom. The first-order chi connectivity index (χ1) is 39.7. The zero-order valence-electron chi connectivity index (χ0n) is 52.2. The summed E-state index contributed by atoms with van der Waals surface area (Å²) in [5.41, 5.74) is 25.7. The molecule has 1 aliphatic carbocycles. The van der Waals surface area contributed by atoms with Crippen LogP contribution in [0.25, 0.3) is 82.5 Å². The minimum absolute atomic E-state index is 0.0174. The molecule has 5 nitrogen and oxygen atoms in total. The van der Waals surface area contributed by atoms with E-state index in [-0.39, 0.29) is 39.3 Å². The van der Waals surface area contributed by atoms with Gasteiger partial charge < -0.3 is 23.1 Å². The SMILES string of the molecule is CC(C)(C)c1ccc(N2B3c4cc(C(C)(C)C)ccc4-n4c5cc(N(c6ccc(C(C)(C)C)cc6)c6ccc(C(C)(C)C)cc6)ccc5c5c6c(oc7ccccc76)c(c3c54)-c3cc4c(cc32)oc2cc3c(cc24)C(C)(C)CCC3(C)C)cc1. The van der Waals surface area contributed by atoms with Crippen LogP contribution in [0.15, 0.2) is 167 Å². The summed E-state index contributed by atoms with van der Waals surface area (Å²) in [5.74, 6) is 0. The van der Waals surface area contributed by atoms with Gasteiger partial charge in [0.25, 0.3) is 0 Å².